The van der Waals surface area contributed by atoms with Crippen molar-refractivity contribution in [2.45, 2.75) is 44.6 Å². The molecule has 7 nitrogen and oxygen atoms in total. The van der Waals surface area contributed by atoms with Crippen LogP contribution in [0.4, 0.5) is 0 Å². The summed E-state index contributed by atoms with van der Waals surface area (Å²) in [6, 6.07) is 19.7. The minimum atomic E-state index is -0.868. The maximum Gasteiger partial charge on any atom is 0.254 e. The van der Waals surface area contributed by atoms with E-state index in [-0.39, 0.29) is 37.4 Å². The van der Waals surface area contributed by atoms with Gasteiger partial charge < -0.3 is 14.2 Å². The van der Waals surface area contributed by atoms with Crippen LogP contribution in [-0.4, -0.2) is 42.0 Å². The van der Waals surface area contributed by atoms with Crippen molar-refractivity contribution in [3.63, 3.8) is 0 Å². The van der Waals surface area contributed by atoms with Gasteiger partial charge in [0.05, 0.1) is 19.8 Å². The summed E-state index contributed by atoms with van der Waals surface area (Å²) < 4.78 is 17.9. The zero-order valence-electron chi connectivity index (χ0n) is 17.1. The average molecular weight is 423 g/mol. The number of amides is 2. The highest BCUT2D eigenvalue weighted by Gasteiger charge is 2.35. The first-order valence-electron chi connectivity index (χ1n) is 10.3. The molecule has 2 aromatic rings. The van der Waals surface area contributed by atoms with E-state index in [1.807, 2.05) is 66.7 Å². The summed E-state index contributed by atoms with van der Waals surface area (Å²) in [5.74, 6) is -0.720. The Labute approximate surface area is 181 Å². The van der Waals surface area contributed by atoms with E-state index < -0.39 is 12.4 Å². The van der Waals surface area contributed by atoms with Gasteiger partial charge in [-0.3, -0.25) is 9.59 Å². The second-order valence-electron chi connectivity index (χ2n) is 7.38. The van der Waals surface area contributed by atoms with Gasteiger partial charge in [-0.15, -0.1) is 0 Å². The SMILES string of the molecule is O=C1CCC(=O)N1O[C@@H]1C=C[C@H](OCc2ccccc2)[C@@H](COCc2ccccc2)O1. The highest BCUT2D eigenvalue weighted by Crippen LogP contribution is 2.22. The van der Waals surface area contributed by atoms with E-state index in [2.05, 4.69) is 0 Å². The molecule has 0 saturated carbocycles. The standard InChI is InChI=1S/C24H25NO6/c26-22-12-13-23(27)25(22)31-24-14-11-20(29-16-19-9-5-2-6-10-19)21(30-24)17-28-15-18-7-3-1-4-8-18/h1-11,14,20-21,24H,12-13,15-17H2/t20-,21+,24+/m0/s1. The predicted molar refractivity (Wildman–Crippen MR) is 111 cm³/mol. The molecule has 2 heterocycles. The van der Waals surface area contributed by atoms with E-state index in [4.69, 9.17) is 19.0 Å². The van der Waals surface area contributed by atoms with Crippen molar-refractivity contribution >= 4 is 11.8 Å². The topological polar surface area (TPSA) is 74.3 Å². The van der Waals surface area contributed by atoms with Crippen molar-refractivity contribution in [2.24, 2.45) is 0 Å². The molecule has 3 atom stereocenters. The Morgan fingerprint density at radius 1 is 0.839 bits per heavy atom. The van der Waals surface area contributed by atoms with Crippen LogP contribution in [-0.2, 0) is 41.9 Å². The summed E-state index contributed by atoms with van der Waals surface area (Å²) >= 11 is 0. The molecule has 4 rings (SSSR count). The molecular weight excluding hydrogens is 398 g/mol. The van der Waals surface area contributed by atoms with Crippen LogP contribution in [0.3, 0.4) is 0 Å². The van der Waals surface area contributed by atoms with Gasteiger partial charge in [-0.25, -0.2) is 4.84 Å². The first-order valence-corrected chi connectivity index (χ1v) is 10.3. The number of hydrogen-bond donors (Lipinski definition) is 0. The number of carbonyl (C=O) groups excluding carboxylic acids is 2. The number of benzene rings is 2. The normalized spacial score (nSPS) is 23.5. The number of ether oxygens (including phenoxy) is 3. The fourth-order valence-corrected chi connectivity index (χ4v) is 3.39. The molecule has 0 spiro atoms. The summed E-state index contributed by atoms with van der Waals surface area (Å²) in [5, 5.41) is 0.794. The van der Waals surface area contributed by atoms with Gasteiger partial charge in [0.1, 0.15) is 12.2 Å². The lowest BCUT2D eigenvalue weighted by atomic mass is 10.1. The summed E-state index contributed by atoms with van der Waals surface area (Å²) in [6.45, 7) is 1.12. The Morgan fingerprint density at radius 3 is 2.10 bits per heavy atom. The molecule has 2 amide bonds. The maximum atomic E-state index is 11.8. The van der Waals surface area contributed by atoms with E-state index in [1.54, 1.807) is 6.08 Å². The highest BCUT2D eigenvalue weighted by atomic mass is 16.8. The Hall–Kier alpha value is -2.84. The van der Waals surface area contributed by atoms with E-state index >= 15 is 0 Å². The molecule has 0 aromatic heterocycles. The van der Waals surface area contributed by atoms with Crippen LogP contribution < -0.4 is 0 Å². The lowest BCUT2D eigenvalue weighted by Crippen LogP contribution is -2.44. The van der Waals surface area contributed by atoms with Gasteiger partial charge in [-0.05, 0) is 17.2 Å². The molecule has 162 valence electrons. The first kappa shape index (κ1) is 21.4. The molecule has 0 aliphatic carbocycles. The van der Waals surface area contributed by atoms with E-state index in [9.17, 15) is 9.59 Å². The van der Waals surface area contributed by atoms with Gasteiger partial charge in [-0.1, -0.05) is 66.7 Å². The number of hydrogen-bond acceptors (Lipinski definition) is 6. The maximum absolute atomic E-state index is 11.8. The largest absolute Gasteiger partial charge is 0.374 e. The van der Waals surface area contributed by atoms with Crippen LogP contribution in [0.25, 0.3) is 0 Å². The van der Waals surface area contributed by atoms with Gasteiger partial charge in [0.2, 0.25) is 6.29 Å². The first-order chi connectivity index (χ1) is 15.2. The van der Waals surface area contributed by atoms with Crippen LogP contribution in [0, 0.1) is 0 Å². The van der Waals surface area contributed by atoms with Gasteiger partial charge in [0.25, 0.3) is 11.8 Å². The quantitative estimate of drug-likeness (QED) is 0.456. The van der Waals surface area contributed by atoms with Crippen molar-refractivity contribution in [1.29, 1.82) is 0 Å². The van der Waals surface area contributed by atoms with Crippen molar-refractivity contribution in [3.05, 3.63) is 83.9 Å². The molecular formula is C24H25NO6. The fourth-order valence-electron chi connectivity index (χ4n) is 3.39. The van der Waals surface area contributed by atoms with Crippen molar-refractivity contribution in [3.8, 4) is 0 Å². The number of carbonyl (C=O) groups is 2. The molecule has 1 saturated heterocycles. The zero-order chi connectivity index (χ0) is 21.5. The highest BCUT2D eigenvalue weighted by molar-refractivity contribution is 6.00. The summed E-state index contributed by atoms with van der Waals surface area (Å²) in [5.41, 5.74) is 2.10. The average Bonchev–Trinajstić information content (AvgIpc) is 3.12. The second kappa shape index (κ2) is 10.5. The third-order valence-electron chi connectivity index (χ3n) is 5.03. The van der Waals surface area contributed by atoms with Crippen LogP contribution in [0.15, 0.2) is 72.8 Å². The molecule has 0 N–H and O–H groups in total. The lowest BCUT2D eigenvalue weighted by Gasteiger charge is -2.33. The number of rotatable bonds is 9. The molecule has 7 heteroatoms. The summed E-state index contributed by atoms with van der Waals surface area (Å²) in [6.07, 6.45) is 2.11. The molecule has 0 radical (unpaired) electrons. The minimum Gasteiger partial charge on any atom is -0.374 e. The van der Waals surface area contributed by atoms with E-state index in [0.29, 0.717) is 13.2 Å². The summed E-state index contributed by atoms with van der Waals surface area (Å²) in [4.78, 5) is 29.2. The monoisotopic (exact) mass is 423 g/mol. The Kier molecular flexibility index (Phi) is 7.22. The van der Waals surface area contributed by atoms with Crippen LogP contribution in [0.2, 0.25) is 0 Å². The number of hydroxylamine groups is 2. The third-order valence-corrected chi connectivity index (χ3v) is 5.03. The molecule has 1 fully saturated rings. The van der Waals surface area contributed by atoms with Crippen molar-refractivity contribution < 1.29 is 28.6 Å². The van der Waals surface area contributed by atoms with E-state index in [1.165, 1.54) is 0 Å². The lowest BCUT2D eigenvalue weighted by molar-refractivity contribution is -0.269. The molecule has 2 aliphatic heterocycles. The van der Waals surface area contributed by atoms with Crippen LogP contribution in [0.1, 0.15) is 24.0 Å². The second-order valence-corrected chi connectivity index (χ2v) is 7.38. The number of imide groups is 1. The Bertz CT molecular complexity index is 885. The molecule has 2 aromatic carbocycles. The smallest absolute Gasteiger partial charge is 0.254 e. The Morgan fingerprint density at radius 2 is 1.45 bits per heavy atom. The molecule has 31 heavy (non-hydrogen) atoms. The van der Waals surface area contributed by atoms with Gasteiger partial charge in [-0.2, -0.15) is 5.06 Å². The van der Waals surface area contributed by atoms with Gasteiger partial charge in [0, 0.05) is 12.8 Å². The van der Waals surface area contributed by atoms with Gasteiger partial charge in [0.15, 0.2) is 0 Å². The van der Waals surface area contributed by atoms with Gasteiger partial charge >= 0.3 is 0 Å². The van der Waals surface area contributed by atoms with Crippen LogP contribution in [0.5, 0.6) is 0 Å². The third kappa shape index (κ3) is 5.86. The minimum absolute atomic E-state index is 0.154. The van der Waals surface area contributed by atoms with Crippen molar-refractivity contribution in [1.82, 2.24) is 5.06 Å². The molecule has 0 bridgehead atoms. The summed E-state index contributed by atoms with van der Waals surface area (Å²) in [7, 11) is 0. The van der Waals surface area contributed by atoms with Crippen molar-refractivity contribution in [2.75, 3.05) is 6.61 Å². The molecule has 2 aliphatic rings. The molecule has 0 unspecified atom stereocenters. The predicted octanol–water partition coefficient (Wildman–Crippen LogP) is 3.15. The number of nitrogens with zero attached hydrogens (tertiary/aromatic N) is 1. The fraction of sp³-hybridized carbons (Fsp3) is 0.333. The Balaban J connectivity index is 1.38. The van der Waals surface area contributed by atoms with Crippen LogP contribution >= 0.6 is 0 Å². The van der Waals surface area contributed by atoms with E-state index in [0.717, 1.165) is 16.2 Å². The zero-order valence-corrected chi connectivity index (χ0v) is 17.1.